The van der Waals surface area contributed by atoms with Crippen LogP contribution in [0.2, 0.25) is 0 Å². The number of hydrogen-bond donors (Lipinski definition) is 0. The van der Waals surface area contributed by atoms with Gasteiger partial charge in [-0.1, -0.05) is 6.07 Å². The maximum atomic E-state index is 13.5. The normalized spacial score (nSPS) is 12.8. The van der Waals surface area contributed by atoms with Crippen molar-refractivity contribution >= 4 is 17.2 Å². The Kier molecular flexibility index (Phi) is 6.01. The number of fused-ring (bicyclic) bond motifs is 3. The van der Waals surface area contributed by atoms with Crippen LogP contribution in [0.3, 0.4) is 0 Å². The lowest BCUT2D eigenvalue weighted by Crippen LogP contribution is -2.43. The fraction of sp³-hybridized carbons (Fsp3) is 0.417. The monoisotopic (exact) mass is 455 g/mol. The molecule has 3 heterocycles. The number of carbonyl (C=O) groups excluding carboxylic acids is 1. The third-order valence-electron chi connectivity index (χ3n) is 5.81. The van der Waals surface area contributed by atoms with Gasteiger partial charge in [0.1, 0.15) is 5.69 Å². The first kappa shape index (κ1) is 22.4. The highest BCUT2D eigenvalue weighted by Gasteiger charge is 2.33. The van der Waals surface area contributed by atoms with Gasteiger partial charge in [0, 0.05) is 31.8 Å². The highest BCUT2D eigenvalue weighted by atomic mass is 32.1. The number of aryl methyl sites for hydroxylation is 1. The molecule has 2 aromatic heterocycles. The van der Waals surface area contributed by atoms with Crippen LogP contribution in [0.25, 0.3) is 21.8 Å². The van der Waals surface area contributed by atoms with E-state index in [4.69, 9.17) is 19.2 Å². The second-order valence-corrected chi connectivity index (χ2v) is 9.71. The number of rotatable bonds is 6. The molecule has 4 rings (SSSR count). The van der Waals surface area contributed by atoms with Gasteiger partial charge in [-0.05, 0) is 56.3 Å². The fourth-order valence-electron chi connectivity index (χ4n) is 3.80. The molecule has 170 valence electrons. The first-order valence-electron chi connectivity index (χ1n) is 10.5. The molecule has 0 atom stereocenters. The van der Waals surface area contributed by atoms with Crippen LogP contribution in [0.5, 0.6) is 11.5 Å². The van der Waals surface area contributed by atoms with E-state index in [0.29, 0.717) is 23.9 Å². The van der Waals surface area contributed by atoms with Crippen LogP contribution in [0, 0.1) is 0 Å². The zero-order valence-electron chi connectivity index (χ0n) is 19.4. The lowest BCUT2D eigenvalue weighted by atomic mass is 9.96. The second kappa shape index (κ2) is 8.60. The minimum absolute atomic E-state index is 0.0885. The van der Waals surface area contributed by atoms with E-state index in [9.17, 15) is 4.79 Å². The molecular formula is C24H29N3O4S. The third kappa shape index (κ3) is 3.89. The predicted molar refractivity (Wildman–Crippen MR) is 126 cm³/mol. The summed E-state index contributed by atoms with van der Waals surface area (Å²) in [5.41, 5.74) is 3.57. The molecular weight excluding hydrogens is 426 g/mol. The van der Waals surface area contributed by atoms with Gasteiger partial charge in [-0.2, -0.15) is 0 Å². The zero-order valence-corrected chi connectivity index (χ0v) is 20.2. The Morgan fingerprint density at radius 1 is 1.25 bits per heavy atom. The van der Waals surface area contributed by atoms with E-state index in [1.54, 1.807) is 30.5 Å². The number of methoxy groups -OCH3 is 2. The molecule has 7 nitrogen and oxygen atoms in total. The molecule has 0 aliphatic carbocycles. The van der Waals surface area contributed by atoms with Gasteiger partial charge in [0.2, 0.25) is 0 Å². The molecule has 3 aromatic rings. The van der Waals surface area contributed by atoms with Gasteiger partial charge in [0.05, 0.1) is 17.7 Å². The standard InChI is InChI=1S/C24H29N3O4S/c1-24(2,3)26(4)23(28)22-25-20(19-8-7-11-32-19)21-16-13-18(31-14-29-5)17(30-6)12-15(16)9-10-27(21)22/h7-8,11-13H,9-10,14H2,1-6H3. The molecule has 0 radical (unpaired) electrons. The van der Waals surface area contributed by atoms with Crippen molar-refractivity contribution < 1.29 is 19.0 Å². The summed E-state index contributed by atoms with van der Waals surface area (Å²) in [7, 11) is 5.04. The molecule has 32 heavy (non-hydrogen) atoms. The van der Waals surface area contributed by atoms with Crippen LogP contribution in [-0.2, 0) is 17.7 Å². The number of aromatic nitrogens is 2. The molecule has 0 spiro atoms. The van der Waals surface area contributed by atoms with Gasteiger partial charge in [-0.3, -0.25) is 4.79 Å². The smallest absolute Gasteiger partial charge is 0.290 e. The van der Waals surface area contributed by atoms with Crippen molar-refractivity contribution in [2.45, 2.75) is 39.3 Å². The lowest BCUT2D eigenvalue weighted by molar-refractivity contribution is 0.0492. The van der Waals surface area contributed by atoms with Crippen molar-refractivity contribution in [1.82, 2.24) is 14.5 Å². The van der Waals surface area contributed by atoms with Gasteiger partial charge in [-0.15, -0.1) is 11.3 Å². The molecule has 0 saturated heterocycles. The number of hydrogen-bond acceptors (Lipinski definition) is 6. The van der Waals surface area contributed by atoms with Gasteiger partial charge in [0.25, 0.3) is 5.91 Å². The summed E-state index contributed by atoms with van der Waals surface area (Å²) in [6.45, 7) is 6.85. The van der Waals surface area contributed by atoms with Gasteiger partial charge in [-0.25, -0.2) is 4.98 Å². The Hall–Kier alpha value is -2.84. The van der Waals surface area contributed by atoms with E-state index >= 15 is 0 Å². The number of thiophene rings is 1. The van der Waals surface area contributed by atoms with Crippen LogP contribution in [-0.4, -0.2) is 54.0 Å². The number of amides is 1. The molecule has 1 amide bonds. The molecule has 1 aromatic carbocycles. The van der Waals surface area contributed by atoms with E-state index < -0.39 is 0 Å². The van der Waals surface area contributed by atoms with Gasteiger partial charge in [0.15, 0.2) is 24.1 Å². The summed E-state index contributed by atoms with van der Waals surface area (Å²) in [5.74, 6) is 1.63. The SMILES string of the molecule is COCOc1cc2c(cc1OC)CCn1c(C(=O)N(C)C(C)(C)C)nc(-c3cccs3)c1-2. The van der Waals surface area contributed by atoms with Crippen molar-refractivity contribution in [3.05, 3.63) is 41.0 Å². The number of benzene rings is 1. The van der Waals surface area contributed by atoms with Crippen molar-refractivity contribution in [1.29, 1.82) is 0 Å². The minimum Gasteiger partial charge on any atom is -0.493 e. The predicted octanol–water partition coefficient (Wildman–Crippen LogP) is 4.70. The minimum atomic E-state index is -0.312. The third-order valence-corrected chi connectivity index (χ3v) is 6.68. The molecule has 0 fully saturated rings. The molecule has 1 aliphatic heterocycles. The van der Waals surface area contributed by atoms with Crippen molar-refractivity contribution in [2.24, 2.45) is 0 Å². The summed E-state index contributed by atoms with van der Waals surface area (Å²) in [6.07, 6.45) is 0.767. The van der Waals surface area contributed by atoms with Crippen LogP contribution >= 0.6 is 11.3 Å². The molecule has 8 heteroatoms. The average molecular weight is 456 g/mol. The summed E-state index contributed by atoms with van der Waals surface area (Å²) in [6, 6.07) is 8.02. The second-order valence-electron chi connectivity index (χ2n) is 8.76. The number of nitrogens with zero attached hydrogens (tertiary/aromatic N) is 3. The summed E-state index contributed by atoms with van der Waals surface area (Å²) >= 11 is 1.61. The van der Waals surface area contributed by atoms with Gasteiger partial charge >= 0.3 is 0 Å². The quantitative estimate of drug-likeness (QED) is 0.504. The van der Waals surface area contributed by atoms with Crippen LogP contribution in [0.4, 0.5) is 0 Å². The maximum Gasteiger partial charge on any atom is 0.290 e. The van der Waals surface area contributed by atoms with E-state index in [2.05, 4.69) is 4.57 Å². The van der Waals surface area contributed by atoms with Crippen LogP contribution in [0.1, 0.15) is 37.0 Å². The lowest BCUT2D eigenvalue weighted by Gasteiger charge is -2.32. The molecule has 0 N–H and O–H groups in total. The van der Waals surface area contributed by atoms with E-state index in [-0.39, 0.29) is 18.2 Å². The van der Waals surface area contributed by atoms with E-state index in [1.165, 1.54) is 0 Å². The molecule has 0 saturated carbocycles. The van der Waals surface area contributed by atoms with E-state index in [0.717, 1.165) is 33.8 Å². The van der Waals surface area contributed by atoms with E-state index in [1.807, 2.05) is 57.5 Å². The van der Waals surface area contributed by atoms with Crippen molar-refractivity contribution in [3.8, 4) is 33.3 Å². The topological polar surface area (TPSA) is 65.8 Å². The zero-order chi connectivity index (χ0) is 23.0. The summed E-state index contributed by atoms with van der Waals surface area (Å²) < 4.78 is 18.5. The molecule has 0 bridgehead atoms. The van der Waals surface area contributed by atoms with Gasteiger partial charge < -0.3 is 23.7 Å². The highest BCUT2D eigenvalue weighted by molar-refractivity contribution is 7.13. The molecule has 0 unspecified atom stereocenters. The van der Waals surface area contributed by atoms with Crippen LogP contribution in [0.15, 0.2) is 29.6 Å². The fourth-order valence-corrected chi connectivity index (χ4v) is 4.52. The Morgan fingerprint density at radius 2 is 2.03 bits per heavy atom. The Bertz CT molecular complexity index is 1130. The Labute approximate surface area is 192 Å². The maximum absolute atomic E-state index is 13.5. The van der Waals surface area contributed by atoms with Crippen molar-refractivity contribution in [2.75, 3.05) is 28.1 Å². The Balaban J connectivity index is 1.92. The molecule has 1 aliphatic rings. The summed E-state index contributed by atoms with van der Waals surface area (Å²) in [4.78, 5) is 21.1. The number of imidazole rings is 1. The highest BCUT2D eigenvalue weighted by Crippen LogP contribution is 2.44. The summed E-state index contributed by atoms with van der Waals surface area (Å²) in [5, 5.41) is 2.02. The largest absolute Gasteiger partial charge is 0.493 e. The first-order chi connectivity index (χ1) is 15.3. The Morgan fingerprint density at radius 3 is 2.66 bits per heavy atom. The van der Waals surface area contributed by atoms with Crippen LogP contribution < -0.4 is 9.47 Å². The first-order valence-corrected chi connectivity index (χ1v) is 11.4. The number of ether oxygens (including phenoxy) is 3. The van der Waals surface area contributed by atoms with Crippen molar-refractivity contribution in [3.63, 3.8) is 0 Å². The number of carbonyl (C=O) groups is 1. The average Bonchev–Trinajstić information content (AvgIpc) is 3.43.